The Balaban J connectivity index is 0. The molecule has 58 valence electrons. The van der Waals surface area contributed by atoms with E-state index in [4.69, 9.17) is 15.3 Å². The highest BCUT2D eigenvalue weighted by Gasteiger charge is 1.93. The Hall–Kier alpha value is -0.160. The maximum absolute atomic E-state index is 8.17. The lowest BCUT2D eigenvalue weighted by Gasteiger charge is -1.96. The summed E-state index contributed by atoms with van der Waals surface area (Å²) in [6, 6.07) is 0. The summed E-state index contributed by atoms with van der Waals surface area (Å²) in [6.45, 7) is -0.729. The lowest BCUT2D eigenvalue weighted by atomic mass is 10.4. The molecule has 0 unspecified atom stereocenters. The summed E-state index contributed by atoms with van der Waals surface area (Å²) in [5.41, 5.74) is 0. The minimum Gasteiger partial charge on any atom is -0.394 e. The van der Waals surface area contributed by atoms with Crippen LogP contribution in [-0.2, 0) is 0 Å². The van der Waals surface area contributed by atoms with Crippen LogP contribution in [0.3, 0.4) is 0 Å². The van der Waals surface area contributed by atoms with Crippen LogP contribution in [0.1, 0.15) is 0 Å². The van der Waals surface area contributed by atoms with Gasteiger partial charge in [-0.3, -0.25) is 0 Å². The van der Waals surface area contributed by atoms with Crippen LogP contribution in [0, 0.1) is 0 Å². The minimum atomic E-state index is -0.954. The molecule has 0 saturated carbocycles. The molecule has 0 spiro atoms. The van der Waals surface area contributed by atoms with Crippen LogP contribution in [0.25, 0.3) is 0 Å². The van der Waals surface area contributed by atoms with Gasteiger partial charge in [-0.15, -0.1) is 0 Å². The van der Waals surface area contributed by atoms with E-state index in [2.05, 4.69) is 5.32 Å². The third-order valence-corrected chi connectivity index (χ3v) is 0.421. The molecule has 0 bridgehead atoms. The molecular formula is C5H15NO3. The molecule has 0 aliphatic carbocycles. The van der Waals surface area contributed by atoms with Crippen molar-refractivity contribution in [1.29, 1.82) is 0 Å². The van der Waals surface area contributed by atoms with Crippen molar-refractivity contribution < 1.29 is 15.3 Å². The van der Waals surface area contributed by atoms with E-state index in [0.29, 0.717) is 0 Å². The molecule has 0 amide bonds. The molecular weight excluding hydrogens is 122 g/mol. The number of nitrogens with one attached hydrogen (secondary N) is 1. The smallest absolute Gasteiger partial charge is 0.100 e. The Bertz CT molecular complexity index is 39.2. The van der Waals surface area contributed by atoms with E-state index >= 15 is 0 Å². The van der Waals surface area contributed by atoms with Crippen molar-refractivity contribution in [3.63, 3.8) is 0 Å². The molecule has 0 heterocycles. The average Bonchev–Trinajstić information content (AvgIpc) is 1.88. The number of aliphatic hydroxyl groups is 3. The first-order valence-electron chi connectivity index (χ1n) is 2.71. The van der Waals surface area contributed by atoms with Crippen LogP contribution in [0.4, 0.5) is 0 Å². The van der Waals surface area contributed by atoms with Crippen LogP contribution >= 0.6 is 0 Å². The molecule has 9 heavy (non-hydrogen) atoms. The first kappa shape index (κ1) is 11.6. The zero-order valence-electron chi connectivity index (χ0n) is 5.83. The van der Waals surface area contributed by atoms with E-state index in [1.165, 1.54) is 0 Å². The van der Waals surface area contributed by atoms with E-state index in [1.807, 2.05) is 14.1 Å². The van der Waals surface area contributed by atoms with Gasteiger partial charge in [0.25, 0.3) is 0 Å². The molecule has 0 aliphatic heterocycles. The van der Waals surface area contributed by atoms with Crippen molar-refractivity contribution in [2.24, 2.45) is 0 Å². The van der Waals surface area contributed by atoms with E-state index in [0.717, 1.165) is 0 Å². The number of aliphatic hydroxyl groups excluding tert-OH is 3. The first-order valence-corrected chi connectivity index (χ1v) is 2.71. The average molecular weight is 137 g/mol. The molecule has 0 rings (SSSR count). The molecule has 0 fully saturated rings. The topological polar surface area (TPSA) is 72.7 Å². The van der Waals surface area contributed by atoms with Gasteiger partial charge in [-0.1, -0.05) is 0 Å². The van der Waals surface area contributed by atoms with Gasteiger partial charge in [0.2, 0.25) is 0 Å². The second-order valence-electron chi connectivity index (χ2n) is 1.52. The van der Waals surface area contributed by atoms with Crippen LogP contribution in [-0.4, -0.2) is 48.7 Å². The van der Waals surface area contributed by atoms with E-state index in [-0.39, 0.29) is 13.2 Å². The van der Waals surface area contributed by atoms with Gasteiger partial charge in [0.1, 0.15) is 6.10 Å². The zero-order valence-corrected chi connectivity index (χ0v) is 5.83. The molecule has 0 radical (unpaired) electrons. The summed E-state index contributed by atoms with van der Waals surface area (Å²) in [5.74, 6) is 0. The normalized spacial score (nSPS) is 8.67. The Labute approximate surface area is 55.1 Å². The molecule has 0 aromatic heterocycles. The molecule has 0 aliphatic rings. The quantitative estimate of drug-likeness (QED) is 0.361. The van der Waals surface area contributed by atoms with Crippen molar-refractivity contribution in [2.75, 3.05) is 27.3 Å². The Morgan fingerprint density at radius 1 is 1.22 bits per heavy atom. The van der Waals surface area contributed by atoms with Crippen molar-refractivity contribution in [2.45, 2.75) is 6.10 Å². The van der Waals surface area contributed by atoms with E-state index in [9.17, 15) is 0 Å². The third kappa shape index (κ3) is 18.1. The van der Waals surface area contributed by atoms with Gasteiger partial charge in [-0.05, 0) is 14.1 Å². The van der Waals surface area contributed by atoms with E-state index < -0.39 is 6.10 Å². The lowest BCUT2D eigenvalue weighted by Crippen LogP contribution is -2.15. The van der Waals surface area contributed by atoms with Gasteiger partial charge in [0.05, 0.1) is 13.2 Å². The number of hydrogen-bond acceptors (Lipinski definition) is 4. The predicted molar refractivity (Wildman–Crippen MR) is 35.2 cm³/mol. The SMILES string of the molecule is CNC.OCC(O)CO. The van der Waals surface area contributed by atoms with Gasteiger partial charge in [-0.2, -0.15) is 0 Å². The van der Waals surface area contributed by atoms with Crippen LogP contribution < -0.4 is 5.32 Å². The minimum absolute atomic E-state index is 0.365. The van der Waals surface area contributed by atoms with Crippen LogP contribution in [0.15, 0.2) is 0 Å². The molecule has 0 aromatic rings. The molecule has 0 aromatic carbocycles. The first-order chi connectivity index (χ1) is 4.22. The lowest BCUT2D eigenvalue weighted by molar-refractivity contribution is 0.0450. The summed E-state index contributed by atoms with van der Waals surface area (Å²) in [7, 11) is 3.75. The van der Waals surface area contributed by atoms with Crippen molar-refractivity contribution in [1.82, 2.24) is 5.32 Å². The number of hydrogen-bond donors (Lipinski definition) is 4. The molecule has 4 N–H and O–H groups in total. The molecule has 4 nitrogen and oxygen atoms in total. The largest absolute Gasteiger partial charge is 0.394 e. The standard InChI is InChI=1S/C3H8O3.C2H7N/c4-1-3(6)2-5;1-3-2/h3-6H,1-2H2;3H,1-2H3. The fourth-order valence-corrected chi connectivity index (χ4v) is 0.0577. The predicted octanol–water partition coefficient (Wildman–Crippen LogP) is -1.83. The van der Waals surface area contributed by atoms with Gasteiger partial charge < -0.3 is 20.6 Å². The maximum Gasteiger partial charge on any atom is 0.100 e. The summed E-state index contributed by atoms with van der Waals surface area (Å²) < 4.78 is 0. The summed E-state index contributed by atoms with van der Waals surface area (Å²) in [6.07, 6.45) is -0.954. The highest BCUT2D eigenvalue weighted by molar-refractivity contribution is 4.43. The van der Waals surface area contributed by atoms with E-state index in [1.54, 1.807) is 0 Å². The highest BCUT2D eigenvalue weighted by atomic mass is 16.3. The van der Waals surface area contributed by atoms with Crippen molar-refractivity contribution >= 4 is 0 Å². The van der Waals surface area contributed by atoms with Crippen LogP contribution in [0.2, 0.25) is 0 Å². The van der Waals surface area contributed by atoms with Gasteiger partial charge >= 0.3 is 0 Å². The van der Waals surface area contributed by atoms with Crippen molar-refractivity contribution in [3.05, 3.63) is 0 Å². The molecule has 0 atom stereocenters. The molecule has 0 saturated heterocycles. The summed E-state index contributed by atoms with van der Waals surface area (Å²) in [4.78, 5) is 0. The Morgan fingerprint density at radius 2 is 1.44 bits per heavy atom. The molecule has 4 heteroatoms. The number of rotatable bonds is 2. The summed E-state index contributed by atoms with van der Waals surface area (Å²) in [5, 5.41) is 26.8. The van der Waals surface area contributed by atoms with Gasteiger partial charge in [0, 0.05) is 0 Å². The maximum atomic E-state index is 8.17. The van der Waals surface area contributed by atoms with Crippen molar-refractivity contribution in [3.8, 4) is 0 Å². The monoisotopic (exact) mass is 137 g/mol. The Kier molecular flexibility index (Phi) is 13.9. The second kappa shape index (κ2) is 10.8. The zero-order chi connectivity index (χ0) is 7.70. The summed E-state index contributed by atoms with van der Waals surface area (Å²) >= 11 is 0. The third-order valence-electron chi connectivity index (χ3n) is 0.421. The fraction of sp³-hybridized carbons (Fsp3) is 1.00. The highest BCUT2D eigenvalue weighted by Crippen LogP contribution is 1.71. The van der Waals surface area contributed by atoms with Gasteiger partial charge in [0.15, 0.2) is 0 Å². The second-order valence-corrected chi connectivity index (χ2v) is 1.52. The van der Waals surface area contributed by atoms with Gasteiger partial charge in [-0.25, -0.2) is 0 Å². The van der Waals surface area contributed by atoms with Crippen LogP contribution in [0.5, 0.6) is 0 Å². The fourth-order valence-electron chi connectivity index (χ4n) is 0.0577. The Morgan fingerprint density at radius 3 is 1.44 bits per heavy atom.